The second-order valence-electron chi connectivity index (χ2n) is 4.39. The summed E-state index contributed by atoms with van der Waals surface area (Å²) in [5, 5.41) is 0. The Hall–Kier alpha value is -0.920. The van der Waals surface area contributed by atoms with Gasteiger partial charge in [0.05, 0.1) is 0 Å². The van der Waals surface area contributed by atoms with Crippen molar-refractivity contribution in [3.63, 3.8) is 0 Å². The first kappa shape index (κ1) is 10.6. The van der Waals surface area contributed by atoms with Gasteiger partial charge in [0.25, 0.3) is 0 Å². The highest BCUT2D eigenvalue weighted by atomic mass is 19.2. The maximum atomic E-state index is 13.0. The molecule has 1 aliphatic rings. The Kier molecular flexibility index (Phi) is 3.03. The number of halogens is 2. The van der Waals surface area contributed by atoms with E-state index in [1.54, 1.807) is 6.07 Å². The van der Waals surface area contributed by atoms with Gasteiger partial charge in [-0.15, -0.1) is 0 Å². The van der Waals surface area contributed by atoms with Gasteiger partial charge in [-0.3, -0.25) is 0 Å². The molecule has 1 radical (unpaired) electrons. The predicted octanol–water partition coefficient (Wildman–Crippen LogP) is 4.07. The topological polar surface area (TPSA) is 0 Å². The quantitative estimate of drug-likeness (QED) is 0.654. The van der Waals surface area contributed by atoms with Crippen LogP contribution in [-0.2, 0) is 0 Å². The Balaban J connectivity index is 2.12. The largest absolute Gasteiger partial charge is 0.204 e. The van der Waals surface area contributed by atoms with Crippen LogP contribution in [0.3, 0.4) is 0 Å². The summed E-state index contributed by atoms with van der Waals surface area (Å²) < 4.78 is 25.8. The molecule has 2 rings (SSSR count). The molecule has 0 unspecified atom stereocenters. The highest BCUT2D eigenvalue weighted by Gasteiger charge is 2.20. The van der Waals surface area contributed by atoms with Crippen LogP contribution in [0.5, 0.6) is 0 Å². The minimum absolute atomic E-state index is 0.387. The molecule has 0 atom stereocenters. The average molecular weight is 209 g/mol. The molecule has 2 heteroatoms. The Morgan fingerprint density at radius 1 is 1.00 bits per heavy atom. The molecule has 0 N–H and O–H groups in total. The molecule has 0 spiro atoms. The SMILES string of the molecule is [CH2]C1CCC(c2ccc(F)c(F)c2)CC1. The van der Waals surface area contributed by atoms with Crippen LogP contribution in [0.1, 0.15) is 37.2 Å². The van der Waals surface area contributed by atoms with Gasteiger partial charge in [0.1, 0.15) is 0 Å². The number of benzene rings is 1. The molecule has 1 aliphatic carbocycles. The molecule has 0 aromatic heterocycles. The molecule has 1 saturated carbocycles. The molecule has 81 valence electrons. The van der Waals surface area contributed by atoms with E-state index in [1.807, 2.05) is 0 Å². The van der Waals surface area contributed by atoms with Crippen molar-refractivity contribution in [2.45, 2.75) is 31.6 Å². The molecule has 0 aliphatic heterocycles. The molecular weight excluding hydrogens is 194 g/mol. The summed E-state index contributed by atoms with van der Waals surface area (Å²) in [5.74, 6) is -0.571. The van der Waals surface area contributed by atoms with Crippen molar-refractivity contribution in [3.05, 3.63) is 42.3 Å². The van der Waals surface area contributed by atoms with E-state index < -0.39 is 11.6 Å². The van der Waals surface area contributed by atoms with Gasteiger partial charge in [0, 0.05) is 0 Å². The highest BCUT2D eigenvalue weighted by Crippen LogP contribution is 2.35. The normalized spacial score (nSPS) is 26.6. The van der Waals surface area contributed by atoms with Crippen molar-refractivity contribution in [3.8, 4) is 0 Å². The minimum atomic E-state index is -0.760. The van der Waals surface area contributed by atoms with E-state index in [-0.39, 0.29) is 0 Å². The summed E-state index contributed by atoms with van der Waals surface area (Å²) in [5.41, 5.74) is 0.931. The van der Waals surface area contributed by atoms with E-state index in [2.05, 4.69) is 6.92 Å². The Bertz CT molecular complexity index is 338. The molecule has 0 heterocycles. The molecule has 1 aromatic carbocycles. The second-order valence-corrected chi connectivity index (χ2v) is 4.39. The predicted molar refractivity (Wildman–Crippen MR) is 56.4 cm³/mol. The Labute approximate surface area is 89.3 Å². The third-order valence-corrected chi connectivity index (χ3v) is 3.26. The smallest absolute Gasteiger partial charge is 0.159 e. The van der Waals surface area contributed by atoms with Crippen LogP contribution in [0.4, 0.5) is 8.78 Å². The zero-order chi connectivity index (χ0) is 10.8. The maximum Gasteiger partial charge on any atom is 0.159 e. The van der Waals surface area contributed by atoms with Gasteiger partial charge in [-0.2, -0.15) is 0 Å². The highest BCUT2D eigenvalue weighted by molar-refractivity contribution is 5.22. The standard InChI is InChI=1S/C13H15F2/c1-9-2-4-10(5-3-9)11-6-7-12(14)13(15)8-11/h6-10H,1-5H2. The van der Waals surface area contributed by atoms with Crippen molar-refractivity contribution < 1.29 is 8.78 Å². The lowest BCUT2D eigenvalue weighted by Crippen LogP contribution is -2.11. The Morgan fingerprint density at radius 3 is 2.27 bits per heavy atom. The van der Waals surface area contributed by atoms with E-state index >= 15 is 0 Å². The maximum absolute atomic E-state index is 13.0. The molecule has 1 fully saturated rings. The van der Waals surface area contributed by atoms with Gasteiger partial charge in [0.2, 0.25) is 0 Å². The van der Waals surface area contributed by atoms with Crippen molar-refractivity contribution >= 4 is 0 Å². The van der Waals surface area contributed by atoms with Gasteiger partial charge in [-0.05, 0) is 55.2 Å². The summed E-state index contributed by atoms with van der Waals surface area (Å²) >= 11 is 0. The van der Waals surface area contributed by atoms with Crippen LogP contribution in [0.25, 0.3) is 0 Å². The monoisotopic (exact) mass is 209 g/mol. The molecule has 1 aromatic rings. The van der Waals surface area contributed by atoms with Crippen LogP contribution in [0.2, 0.25) is 0 Å². The Morgan fingerprint density at radius 2 is 1.67 bits per heavy atom. The fourth-order valence-electron chi connectivity index (χ4n) is 2.26. The first-order chi connectivity index (χ1) is 7.16. The summed E-state index contributed by atoms with van der Waals surface area (Å²) in [6, 6.07) is 4.26. The van der Waals surface area contributed by atoms with Crippen LogP contribution in [0.15, 0.2) is 18.2 Å². The van der Waals surface area contributed by atoms with E-state index in [1.165, 1.54) is 12.1 Å². The van der Waals surface area contributed by atoms with Crippen LogP contribution >= 0.6 is 0 Å². The first-order valence-corrected chi connectivity index (χ1v) is 5.45. The number of hydrogen-bond donors (Lipinski definition) is 0. The van der Waals surface area contributed by atoms with Crippen molar-refractivity contribution in [1.29, 1.82) is 0 Å². The van der Waals surface area contributed by atoms with E-state index in [0.29, 0.717) is 11.8 Å². The third kappa shape index (κ3) is 2.36. The van der Waals surface area contributed by atoms with E-state index in [9.17, 15) is 8.78 Å². The zero-order valence-electron chi connectivity index (χ0n) is 8.68. The number of hydrogen-bond acceptors (Lipinski definition) is 0. The van der Waals surface area contributed by atoms with Crippen LogP contribution in [0, 0.1) is 24.5 Å². The van der Waals surface area contributed by atoms with Crippen molar-refractivity contribution in [2.24, 2.45) is 5.92 Å². The summed E-state index contributed by atoms with van der Waals surface area (Å²) in [4.78, 5) is 0. The first-order valence-electron chi connectivity index (χ1n) is 5.45. The number of rotatable bonds is 1. The summed E-state index contributed by atoms with van der Waals surface area (Å²) in [7, 11) is 0. The molecule has 0 saturated heterocycles. The van der Waals surface area contributed by atoms with Crippen LogP contribution in [-0.4, -0.2) is 0 Å². The summed E-state index contributed by atoms with van der Waals surface area (Å²) in [6.45, 7) is 4.02. The van der Waals surface area contributed by atoms with Crippen molar-refractivity contribution in [1.82, 2.24) is 0 Å². The van der Waals surface area contributed by atoms with Crippen LogP contribution < -0.4 is 0 Å². The van der Waals surface area contributed by atoms with Gasteiger partial charge >= 0.3 is 0 Å². The van der Waals surface area contributed by atoms with E-state index in [0.717, 1.165) is 31.2 Å². The molecular formula is C13H15F2. The lowest BCUT2D eigenvalue weighted by Gasteiger charge is -2.26. The average Bonchev–Trinajstić information content (AvgIpc) is 2.23. The fourth-order valence-corrected chi connectivity index (χ4v) is 2.26. The lowest BCUT2D eigenvalue weighted by molar-refractivity contribution is 0.372. The van der Waals surface area contributed by atoms with Gasteiger partial charge in [-0.1, -0.05) is 13.0 Å². The molecule has 0 amide bonds. The van der Waals surface area contributed by atoms with Crippen molar-refractivity contribution in [2.75, 3.05) is 0 Å². The third-order valence-electron chi connectivity index (χ3n) is 3.26. The lowest BCUT2D eigenvalue weighted by atomic mass is 9.79. The van der Waals surface area contributed by atoms with Gasteiger partial charge in [-0.25, -0.2) is 8.78 Å². The van der Waals surface area contributed by atoms with Gasteiger partial charge < -0.3 is 0 Å². The summed E-state index contributed by atoms with van der Waals surface area (Å²) in [6.07, 6.45) is 4.26. The van der Waals surface area contributed by atoms with E-state index in [4.69, 9.17) is 0 Å². The molecule has 15 heavy (non-hydrogen) atoms. The second kappa shape index (κ2) is 4.30. The minimum Gasteiger partial charge on any atom is -0.204 e. The molecule has 0 bridgehead atoms. The fraction of sp³-hybridized carbons (Fsp3) is 0.462. The zero-order valence-corrected chi connectivity index (χ0v) is 8.68. The van der Waals surface area contributed by atoms with Gasteiger partial charge in [0.15, 0.2) is 11.6 Å². The molecule has 0 nitrogen and oxygen atoms in total.